The Morgan fingerprint density at radius 2 is 2.50 bits per heavy atom. The van der Waals surface area contributed by atoms with Gasteiger partial charge in [0.15, 0.2) is 0 Å². The number of allylic oxidation sites excluding steroid dienone is 1. The summed E-state index contributed by atoms with van der Waals surface area (Å²) < 4.78 is 3.75. The van der Waals surface area contributed by atoms with Crippen molar-refractivity contribution in [2.24, 2.45) is 9.15 Å². The van der Waals surface area contributed by atoms with Crippen LogP contribution in [0.15, 0.2) is 21.4 Å². The van der Waals surface area contributed by atoms with Crippen molar-refractivity contribution in [2.75, 3.05) is 0 Å². The topological polar surface area (TPSA) is 24.7 Å². The SMILES string of the molecule is C1=CN=N[As]=C1. The first kappa shape index (κ1) is 3.94. The summed E-state index contributed by atoms with van der Waals surface area (Å²) in [4.78, 5) is 2.05. The van der Waals surface area contributed by atoms with Crippen LogP contribution >= 0.6 is 0 Å². The maximum atomic E-state index is 3.75. The Bertz CT molecular complexity index is 78.2. The van der Waals surface area contributed by atoms with Gasteiger partial charge >= 0.3 is 41.8 Å². The van der Waals surface area contributed by atoms with Gasteiger partial charge in [-0.1, -0.05) is 0 Å². The Morgan fingerprint density at radius 1 is 1.50 bits per heavy atom. The van der Waals surface area contributed by atoms with Crippen molar-refractivity contribution < 1.29 is 0 Å². The molecule has 2 nitrogen and oxygen atoms in total. The first-order chi connectivity index (χ1) is 3.00. The normalized spacial score (nSPS) is 18.7. The summed E-state index contributed by atoms with van der Waals surface area (Å²) in [5.41, 5.74) is 0. The molecule has 0 unspecified atom stereocenters. The van der Waals surface area contributed by atoms with E-state index in [0.717, 1.165) is 0 Å². The number of hydrogen-bond donors (Lipinski definition) is 0. The fourth-order valence-electron chi connectivity index (χ4n) is 0.205. The van der Waals surface area contributed by atoms with E-state index in [1.807, 2.05) is 10.9 Å². The van der Waals surface area contributed by atoms with Crippen molar-refractivity contribution in [3.63, 3.8) is 0 Å². The van der Waals surface area contributed by atoms with Gasteiger partial charge in [0, 0.05) is 0 Å². The van der Waals surface area contributed by atoms with Gasteiger partial charge < -0.3 is 0 Å². The molecule has 0 fully saturated rings. The van der Waals surface area contributed by atoms with E-state index in [1.54, 1.807) is 6.20 Å². The third-order valence-electron chi connectivity index (χ3n) is 0.409. The van der Waals surface area contributed by atoms with Gasteiger partial charge in [-0.2, -0.15) is 0 Å². The molecule has 0 bridgehead atoms. The van der Waals surface area contributed by atoms with Gasteiger partial charge in [0.25, 0.3) is 0 Å². The average molecular weight is 142 g/mol. The molecule has 30 valence electrons. The van der Waals surface area contributed by atoms with Gasteiger partial charge in [0.05, 0.1) is 0 Å². The molecule has 0 aromatic heterocycles. The molecule has 1 aliphatic heterocycles. The fourth-order valence-corrected chi connectivity index (χ4v) is 0.903. The molecule has 0 radical (unpaired) electrons. The molecule has 0 amide bonds. The van der Waals surface area contributed by atoms with Gasteiger partial charge in [-0.05, 0) is 0 Å². The Morgan fingerprint density at radius 3 is 2.67 bits per heavy atom. The summed E-state index contributed by atoms with van der Waals surface area (Å²) in [5, 5.41) is 3.63. The second-order valence-corrected chi connectivity index (χ2v) is 2.30. The zero-order valence-electron chi connectivity index (χ0n) is 3.07. The van der Waals surface area contributed by atoms with Crippen LogP contribution in [0.3, 0.4) is 0 Å². The predicted molar refractivity (Wildman–Crippen MR) is 25.8 cm³/mol. The van der Waals surface area contributed by atoms with E-state index in [0.29, 0.717) is 0 Å². The van der Waals surface area contributed by atoms with Crippen LogP contribution in [0.2, 0.25) is 0 Å². The van der Waals surface area contributed by atoms with Crippen LogP contribution in [0.5, 0.6) is 0 Å². The molecule has 0 atom stereocenters. The molecule has 1 rings (SSSR count). The van der Waals surface area contributed by atoms with E-state index in [-0.39, 0.29) is 15.5 Å². The van der Waals surface area contributed by atoms with Crippen molar-refractivity contribution in [3.8, 4) is 0 Å². The number of rotatable bonds is 0. The summed E-state index contributed by atoms with van der Waals surface area (Å²) in [5.74, 6) is 0. The minimum atomic E-state index is 0.0773. The molecular weight excluding hydrogens is 139 g/mol. The van der Waals surface area contributed by atoms with Crippen LogP contribution in [-0.2, 0) is 0 Å². The molecular formula is C3H3AsN2. The Balaban J connectivity index is 2.77. The molecule has 0 spiro atoms. The van der Waals surface area contributed by atoms with Gasteiger partial charge in [-0.3, -0.25) is 0 Å². The summed E-state index contributed by atoms with van der Waals surface area (Å²) >= 11 is 0.0773. The Hall–Kier alpha value is -0.232. The van der Waals surface area contributed by atoms with E-state index in [9.17, 15) is 0 Å². The average Bonchev–Trinajstić information content (AvgIpc) is 1.72. The third kappa shape index (κ3) is 0.868. The molecule has 0 N–H and O–H groups in total. The standard InChI is InChI=1S/C3H3AsN2/c1-2-4-6-5-3-1/h1-3H. The molecule has 3 heteroatoms. The van der Waals surface area contributed by atoms with Crippen molar-refractivity contribution in [1.29, 1.82) is 0 Å². The van der Waals surface area contributed by atoms with Crippen molar-refractivity contribution >= 4 is 20.3 Å². The van der Waals surface area contributed by atoms with Gasteiger partial charge in [-0.15, -0.1) is 0 Å². The van der Waals surface area contributed by atoms with Crippen LogP contribution in [0.4, 0.5) is 0 Å². The molecule has 0 aromatic rings. The Labute approximate surface area is 42.4 Å². The van der Waals surface area contributed by atoms with Crippen LogP contribution in [0.25, 0.3) is 0 Å². The van der Waals surface area contributed by atoms with E-state index in [1.165, 1.54) is 0 Å². The minimum absolute atomic E-state index is 0.0773. The van der Waals surface area contributed by atoms with Gasteiger partial charge in [-0.25, -0.2) is 0 Å². The molecule has 0 saturated carbocycles. The maximum absolute atomic E-state index is 3.75. The van der Waals surface area contributed by atoms with Crippen LogP contribution in [-0.4, -0.2) is 20.3 Å². The fraction of sp³-hybridized carbons (Fsp3) is 0. The first-order valence-electron chi connectivity index (χ1n) is 1.58. The zero-order chi connectivity index (χ0) is 4.24. The van der Waals surface area contributed by atoms with Crippen molar-refractivity contribution in [3.05, 3.63) is 12.3 Å². The second kappa shape index (κ2) is 2.04. The molecule has 0 saturated heterocycles. The monoisotopic (exact) mass is 142 g/mol. The molecule has 0 aromatic carbocycles. The van der Waals surface area contributed by atoms with E-state index in [2.05, 4.69) is 9.15 Å². The van der Waals surface area contributed by atoms with Crippen molar-refractivity contribution in [1.82, 2.24) is 0 Å². The van der Waals surface area contributed by atoms with Crippen LogP contribution in [0.1, 0.15) is 0 Å². The molecule has 1 heterocycles. The van der Waals surface area contributed by atoms with Gasteiger partial charge in [0.1, 0.15) is 0 Å². The summed E-state index contributed by atoms with van der Waals surface area (Å²) in [6.07, 6.45) is 3.62. The number of nitrogens with zero attached hydrogens (tertiary/aromatic N) is 2. The summed E-state index contributed by atoms with van der Waals surface area (Å²) in [7, 11) is 0. The quantitative estimate of drug-likeness (QED) is 0.437. The summed E-state index contributed by atoms with van der Waals surface area (Å²) in [6, 6.07) is 0. The first-order valence-corrected chi connectivity index (χ1v) is 3.51. The van der Waals surface area contributed by atoms with Gasteiger partial charge in [0.2, 0.25) is 0 Å². The van der Waals surface area contributed by atoms with Crippen LogP contribution in [0, 0.1) is 0 Å². The van der Waals surface area contributed by atoms with Crippen molar-refractivity contribution in [2.45, 2.75) is 0 Å². The predicted octanol–water partition coefficient (Wildman–Crippen LogP) is 0.387. The molecule has 0 aliphatic carbocycles. The zero-order valence-corrected chi connectivity index (χ0v) is 4.95. The van der Waals surface area contributed by atoms with E-state index >= 15 is 0 Å². The van der Waals surface area contributed by atoms with E-state index in [4.69, 9.17) is 0 Å². The van der Waals surface area contributed by atoms with Crippen LogP contribution < -0.4 is 0 Å². The molecule has 1 aliphatic rings. The van der Waals surface area contributed by atoms with E-state index < -0.39 is 0 Å². The molecule has 6 heavy (non-hydrogen) atoms. The number of hydrogen-bond acceptors (Lipinski definition) is 2. The second-order valence-electron chi connectivity index (χ2n) is 0.811. The summed E-state index contributed by atoms with van der Waals surface area (Å²) in [6.45, 7) is 0. The third-order valence-corrected chi connectivity index (χ3v) is 1.48. The Kier molecular flexibility index (Phi) is 1.34.